The molecule has 0 amide bonds. The number of halogens is 1. The summed E-state index contributed by atoms with van der Waals surface area (Å²) in [5.41, 5.74) is 3.00. The lowest BCUT2D eigenvalue weighted by molar-refractivity contribution is -0.0925. The Balaban J connectivity index is 1.46. The van der Waals surface area contributed by atoms with Crippen molar-refractivity contribution in [3.05, 3.63) is 40.2 Å². The molecule has 2 aliphatic rings. The zero-order chi connectivity index (χ0) is 16.5. The zero-order valence-corrected chi connectivity index (χ0v) is 14.3. The molecular weight excluding hydrogens is 329 g/mol. The van der Waals surface area contributed by atoms with Gasteiger partial charge in [0, 0.05) is 30.2 Å². The minimum atomic E-state index is -0.422. The average molecular weight is 349 g/mol. The summed E-state index contributed by atoms with van der Waals surface area (Å²) in [4.78, 5) is 12.1. The van der Waals surface area contributed by atoms with Crippen LogP contribution in [0.15, 0.2) is 23.8 Å². The first kappa shape index (κ1) is 15.9. The highest BCUT2D eigenvalue weighted by Gasteiger charge is 2.44. The van der Waals surface area contributed by atoms with E-state index in [4.69, 9.17) is 9.47 Å². The number of ether oxygens (including phenoxy) is 2. The summed E-state index contributed by atoms with van der Waals surface area (Å²) in [6.45, 7) is 4.52. The average Bonchev–Trinajstić information content (AvgIpc) is 3.17. The molecule has 0 radical (unpaired) electrons. The molecule has 2 fully saturated rings. The van der Waals surface area contributed by atoms with E-state index in [-0.39, 0.29) is 18.1 Å². The van der Waals surface area contributed by atoms with E-state index in [2.05, 4.69) is 14.9 Å². The highest BCUT2D eigenvalue weighted by molar-refractivity contribution is 7.09. The van der Waals surface area contributed by atoms with Gasteiger partial charge in [-0.1, -0.05) is 0 Å². The second-order valence-electron chi connectivity index (χ2n) is 6.26. The van der Waals surface area contributed by atoms with Crippen LogP contribution < -0.4 is 4.74 Å². The molecule has 0 N–H and O–H groups in total. The number of hydrogen-bond donors (Lipinski definition) is 0. The number of thiazole rings is 1. The Labute approximate surface area is 144 Å². The normalized spacial score (nSPS) is 27.2. The van der Waals surface area contributed by atoms with Crippen molar-refractivity contribution in [2.75, 3.05) is 13.2 Å². The molecule has 1 saturated carbocycles. The summed E-state index contributed by atoms with van der Waals surface area (Å²) in [7, 11) is 0. The van der Waals surface area contributed by atoms with Gasteiger partial charge in [0.05, 0.1) is 17.8 Å². The van der Waals surface area contributed by atoms with Gasteiger partial charge in [-0.25, -0.2) is 14.4 Å². The predicted octanol–water partition coefficient (Wildman–Crippen LogP) is 2.80. The van der Waals surface area contributed by atoms with Crippen LogP contribution in [-0.4, -0.2) is 46.3 Å². The van der Waals surface area contributed by atoms with E-state index in [9.17, 15) is 4.39 Å². The molecular formula is C17H20FN3O2S. The molecule has 0 spiro atoms. The number of aryl methyl sites for hydroxylation is 1. The standard InChI is InChI=1S/C17H20FN3O2S/c1-11-15(24-10-20-11)9-21-7-8-22-16-13(21)4-5-14(16)23-17-12(18)3-2-6-19-17/h2-3,6,10,13-14,16H,4-5,7-9H2,1H3/t13-,14-,16+/m0/s1. The van der Waals surface area contributed by atoms with Crippen molar-refractivity contribution in [3.63, 3.8) is 0 Å². The third-order valence-corrected chi connectivity index (χ3v) is 5.75. The molecule has 0 bridgehead atoms. The van der Waals surface area contributed by atoms with E-state index < -0.39 is 5.82 Å². The first-order chi connectivity index (χ1) is 11.7. The van der Waals surface area contributed by atoms with Gasteiger partial charge in [0.2, 0.25) is 0 Å². The minimum absolute atomic E-state index is 0.0339. The van der Waals surface area contributed by atoms with Crippen molar-refractivity contribution in [1.82, 2.24) is 14.9 Å². The van der Waals surface area contributed by atoms with Crippen LogP contribution in [0.5, 0.6) is 5.88 Å². The van der Waals surface area contributed by atoms with E-state index in [1.54, 1.807) is 23.6 Å². The van der Waals surface area contributed by atoms with Crippen LogP contribution >= 0.6 is 11.3 Å². The second kappa shape index (κ2) is 6.74. The van der Waals surface area contributed by atoms with Crippen LogP contribution in [0.4, 0.5) is 4.39 Å². The summed E-state index contributed by atoms with van der Waals surface area (Å²) in [5.74, 6) is -0.351. The Morgan fingerprint density at radius 3 is 3.12 bits per heavy atom. The van der Waals surface area contributed by atoms with Crippen molar-refractivity contribution in [1.29, 1.82) is 0 Å². The summed E-state index contributed by atoms with van der Waals surface area (Å²) in [6, 6.07) is 3.24. The van der Waals surface area contributed by atoms with Crippen molar-refractivity contribution in [2.45, 2.75) is 44.6 Å². The van der Waals surface area contributed by atoms with Crippen molar-refractivity contribution >= 4 is 11.3 Å². The number of aromatic nitrogens is 2. The Bertz CT molecular complexity index is 711. The van der Waals surface area contributed by atoms with Crippen LogP contribution in [0, 0.1) is 12.7 Å². The molecule has 5 nitrogen and oxygen atoms in total. The molecule has 24 heavy (non-hydrogen) atoms. The number of nitrogens with zero attached hydrogens (tertiary/aromatic N) is 3. The van der Waals surface area contributed by atoms with Gasteiger partial charge in [-0.2, -0.15) is 0 Å². The quantitative estimate of drug-likeness (QED) is 0.849. The van der Waals surface area contributed by atoms with Crippen molar-refractivity contribution in [3.8, 4) is 5.88 Å². The number of rotatable bonds is 4. The fourth-order valence-corrected chi connectivity index (χ4v) is 4.38. The molecule has 1 aliphatic heterocycles. The van der Waals surface area contributed by atoms with Gasteiger partial charge in [-0.3, -0.25) is 4.90 Å². The molecule has 3 atom stereocenters. The lowest BCUT2D eigenvalue weighted by Crippen LogP contribution is -2.51. The largest absolute Gasteiger partial charge is 0.469 e. The van der Waals surface area contributed by atoms with Crippen LogP contribution in [0.3, 0.4) is 0 Å². The van der Waals surface area contributed by atoms with Crippen molar-refractivity contribution in [2.24, 2.45) is 0 Å². The smallest absolute Gasteiger partial charge is 0.250 e. The fraction of sp³-hybridized carbons (Fsp3) is 0.529. The number of fused-ring (bicyclic) bond motifs is 1. The van der Waals surface area contributed by atoms with Crippen LogP contribution in [-0.2, 0) is 11.3 Å². The molecule has 7 heteroatoms. The first-order valence-electron chi connectivity index (χ1n) is 8.24. The zero-order valence-electron chi connectivity index (χ0n) is 13.5. The molecule has 2 aromatic rings. The third-order valence-electron chi connectivity index (χ3n) is 4.83. The summed E-state index contributed by atoms with van der Waals surface area (Å²) >= 11 is 1.70. The van der Waals surface area contributed by atoms with Gasteiger partial charge in [-0.05, 0) is 31.9 Å². The van der Waals surface area contributed by atoms with Gasteiger partial charge < -0.3 is 9.47 Å². The Morgan fingerprint density at radius 1 is 1.42 bits per heavy atom. The van der Waals surface area contributed by atoms with E-state index >= 15 is 0 Å². The first-order valence-corrected chi connectivity index (χ1v) is 9.12. The molecule has 3 heterocycles. The summed E-state index contributed by atoms with van der Waals surface area (Å²) < 4.78 is 25.6. The molecule has 2 aromatic heterocycles. The van der Waals surface area contributed by atoms with Gasteiger partial charge >= 0.3 is 0 Å². The SMILES string of the molecule is Cc1ncsc1CN1CCO[C@H]2[C@@H](Oc3ncccc3F)CC[C@@H]21. The Kier molecular flexibility index (Phi) is 4.47. The maximum absolute atomic E-state index is 13.8. The monoisotopic (exact) mass is 349 g/mol. The highest BCUT2D eigenvalue weighted by atomic mass is 32.1. The minimum Gasteiger partial charge on any atom is -0.469 e. The molecule has 0 aromatic carbocycles. The molecule has 1 aliphatic carbocycles. The van der Waals surface area contributed by atoms with E-state index in [0.717, 1.165) is 31.6 Å². The summed E-state index contributed by atoms with van der Waals surface area (Å²) in [5, 5.41) is 0. The highest BCUT2D eigenvalue weighted by Crippen LogP contribution is 2.34. The molecule has 4 rings (SSSR count). The maximum Gasteiger partial charge on any atom is 0.250 e. The lowest BCUT2D eigenvalue weighted by atomic mass is 10.1. The lowest BCUT2D eigenvalue weighted by Gasteiger charge is -2.38. The fourth-order valence-electron chi connectivity index (χ4n) is 3.58. The van der Waals surface area contributed by atoms with Gasteiger partial charge in [-0.15, -0.1) is 11.3 Å². The van der Waals surface area contributed by atoms with Crippen LogP contribution in [0.1, 0.15) is 23.4 Å². The van der Waals surface area contributed by atoms with Crippen molar-refractivity contribution < 1.29 is 13.9 Å². The predicted molar refractivity (Wildman–Crippen MR) is 88.6 cm³/mol. The second-order valence-corrected chi connectivity index (χ2v) is 7.20. The van der Waals surface area contributed by atoms with Gasteiger partial charge in [0.1, 0.15) is 12.2 Å². The summed E-state index contributed by atoms with van der Waals surface area (Å²) in [6.07, 6.45) is 3.20. The topological polar surface area (TPSA) is 47.5 Å². The van der Waals surface area contributed by atoms with Crippen LogP contribution in [0.2, 0.25) is 0 Å². The van der Waals surface area contributed by atoms with Crippen LogP contribution in [0.25, 0.3) is 0 Å². The molecule has 128 valence electrons. The maximum atomic E-state index is 13.8. The number of hydrogen-bond acceptors (Lipinski definition) is 6. The van der Waals surface area contributed by atoms with E-state index in [0.29, 0.717) is 12.6 Å². The van der Waals surface area contributed by atoms with Gasteiger partial charge in [0.15, 0.2) is 5.82 Å². The molecule has 0 unspecified atom stereocenters. The van der Waals surface area contributed by atoms with Gasteiger partial charge in [0.25, 0.3) is 5.88 Å². The number of morpholine rings is 1. The van der Waals surface area contributed by atoms with E-state index in [1.807, 2.05) is 12.4 Å². The number of pyridine rings is 1. The Morgan fingerprint density at radius 2 is 2.33 bits per heavy atom. The van der Waals surface area contributed by atoms with E-state index in [1.165, 1.54) is 10.9 Å². The third kappa shape index (κ3) is 3.03. The Hall–Kier alpha value is -1.57. The molecule has 1 saturated heterocycles.